The number of likely N-dealkylation sites (N-methyl/N-ethyl adjacent to an activating group) is 1. The van der Waals surface area contributed by atoms with Crippen molar-refractivity contribution in [2.45, 2.75) is 0 Å². The summed E-state index contributed by atoms with van der Waals surface area (Å²) in [5.74, 6) is 1.47. The van der Waals surface area contributed by atoms with Gasteiger partial charge in [-0.3, -0.25) is 9.69 Å². The van der Waals surface area contributed by atoms with Crippen LogP contribution in [0.5, 0.6) is 0 Å². The molecule has 0 saturated carbocycles. The number of rotatable bonds is 6. The highest BCUT2D eigenvalue weighted by Gasteiger charge is 2.22. The maximum Gasteiger partial charge on any atom is 0.172 e. The number of carbonyl (C=O) groups excluding carboxylic acids is 1. The maximum absolute atomic E-state index is 11.1. The maximum atomic E-state index is 11.1. The summed E-state index contributed by atoms with van der Waals surface area (Å²) in [5, 5.41) is 0. The molecule has 0 unspecified atom stereocenters. The van der Waals surface area contributed by atoms with Gasteiger partial charge in [0, 0.05) is 39.3 Å². The first-order valence-electron chi connectivity index (χ1n) is 8.36. The summed E-state index contributed by atoms with van der Waals surface area (Å²) in [4.78, 5) is 26.7. The molecule has 0 aromatic carbocycles. The number of hydrogen-bond acceptors (Lipinski definition) is 8. The quantitative estimate of drug-likeness (QED) is 0.770. The second kappa shape index (κ2) is 7.62. The second-order valence-electron chi connectivity index (χ2n) is 6.42. The van der Waals surface area contributed by atoms with Crippen molar-refractivity contribution in [1.82, 2.24) is 19.8 Å². The molecule has 1 aliphatic rings. The number of nitrogen functional groups attached to an aromatic ring is 1. The van der Waals surface area contributed by atoms with Gasteiger partial charge in [-0.2, -0.15) is 0 Å². The molecular formula is C17H24N6O2. The Labute approximate surface area is 147 Å². The van der Waals surface area contributed by atoms with E-state index < -0.39 is 0 Å². The van der Waals surface area contributed by atoms with Gasteiger partial charge in [0.15, 0.2) is 23.7 Å². The first-order chi connectivity index (χ1) is 12.1. The van der Waals surface area contributed by atoms with Gasteiger partial charge >= 0.3 is 0 Å². The van der Waals surface area contributed by atoms with E-state index in [-0.39, 0.29) is 0 Å². The molecule has 2 aromatic heterocycles. The van der Waals surface area contributed by atoms with E-state index in [1.807, 2.05) is 0 Å². The number of carbonyl (C=O) groups is 1. The van der Waals surface area contributed by atoms with E-state index in [2.05, 4.69) is 38.8 Å². The van der Waals surface area contributed by atoms with Gasteiger partial charge in [-0.15, -0.1) is 0 Å². The summed E-state index contributed by atoms with van der Waals surface area (Å²) in [6.07, 6.45) is 3.76. The molecule has 3 heterocycles. The first-order valence-corrected chi connectivity index (χ1v) is 8.36. The minimum absolute atomic E-state index is 0.393. The molecule has 3 rings (SSSR count). The van der Waals surface area contributed by atoms with Crippen LogP contribution in [0, 0.1) is 0 Å². The molecule has 0 bridgehead atoms. The lowest BCUT2D eigenvalue weighted by Crippen LogP contribution is -2.48. The normalized spacial score (nSPS) is 15.7. The van der Waals surface area contributed by atoms with E-state index in [9.17, 15) is 4.79 Å². The molecule has 0 atom stereocenters. The number of aromatic nitrogens is 2. The molecule has 8 nitrogen and oxygen atoms in total. The molecule has 0 amide bonds. The lowest BCUT2D eigenvalue weighted by atomic mass is 10.2. The van der Waals surface area contributed by atoms with Crippen LogP contribution in [0.25, 0.3) is 11.5 Å². The van der Waals surface area contributed by atoms with Crippen LogP contribution in [0.1, 0.15) is 10.4 Å². The van der Waals surface area contributed by atoms with Gasteiger partial charge in [0.1, 0.15) is 5.69 Å². The Morgan fingerprint density at radius 1 is 1.32 bits per heavy atom. The van der Waals surface area contributed by atoms with Crippen LogP contribution in [-0.4, -0.2) is 79.4 Å². The van der Waals surface area contributed by atoms with Crippen molar-refractivity contribution in [1.29, 1.82) is 0 Å². The van der Waals surface area contributed by atoms with Crippen molar-refractivity contribution < 1.29 is 9.21 Å². The predicted molar refractivity (Wildman–Crippen MR) is 96.7 cm³/mol. The molecule has 0 aliphatic carbocycles. The fourth-order valence-electron chi connectivity index (χ4n) is 2.88. The summed E-state index contributed by atoms with van der Waals surface area (Å²) < 4.78 is 5.39. The molecule has 1 fully saturated rings. The number of nitrogens with two attached hydrogens (primary N) is 1. The standard InChI is InChI=1S/C17H24N6O2/c1-21(2)4-5-22-6-8-23(9-7-22)17-16(18)19-11-14(20-17)15-13(12-24)3-10-25-15/h3,10-12H,4-9H2,1-2H3,(H2,18,19). The van der Waals surface area contributed by atoms with Crippen molar-refractivity contribution in [3.63, 3.8) is 0 Å². The molecule has 0 radical (unpaired) electrons. The summed E-state index contributed by atoms with van der Waals surface area (Å²) >= 11 is 0. The lowest BCUT2D eigenvalue weighted by molar-refractivity contribution is 0.112. The highest BCUT2D eigenvalue weighted by atomic mass is 16.3. The van der Waals surface area contributed by atoms with E-state index in [0.717, 1.165) is 45.6 Å². The van der Waals surface area contributed by atoms with Gasteiger partial charge in [0.05, 0.1) is 18.0 Å². The number of piperazine rings is 1. The van der Waals surface area contributed by atoms with Crippen molar-refractivity contribution in [2.24, 2.45) is 0 Å². The number of nitrogens with zero attached hydrogens (tertiary/aromatic N) is 5. The molecule has 134 valence electrons. The van der Waals surface area contributed by atoms with Crippen LogP contribution in [-0.2, 0) is 0 Å². The molecule has 2 N–H and O–H groups in total. The van der Waals surface area contributed by atoms with Crippen LogP contribution in [0.2, 0.25) is 0 Å². The smallest absolute Gasteiger partial charge is 0.172 e. The molecule has 1 aliphatic heterocycles. The average Bonchev–Trinajstić information content (AvgIpc) is 3.09. The van der Waals surface area contributed by atoms with Gasteiger partial charge in [0.2, 0.25) is 0 Å². The Hall–Kier alpha value is -2.45. The molecule has 0 spiro atoms. The summed E-state index contributed by atoms with van der Waals surface area (Å²) in [7, 11) is 4.17. The molecular weight excluding hydrogens is 320 g/mol. The number of furan rings is 1. The Kier molecular flexibility index (Phi) is 5.30. The molecule has 2 aromatic rings. The minimum atomic E-state index is 0.393. The SMILES string of the molecule is CN(C)CCN1CCN(c2nc(-c3occc3C=O)cnc2N)CC1. The average molecular weight is 344 g/mol. The largest absolute Gasteiger partial charge is 0.462 e. The first kappa shape index (κ1) is 17.4. The van der Waals surface area contributed by atoms with Gasteiger partial charge in [-0.1, -0.05) is 0 Å². The minimum Gasteiger partial charge on any atom is -0.462 e. The highest BCUT2D eigenvalue weighted by molar-refractivity contribution is 5.84. The number of anilines is 2. The number of hydrogen-bond donors (Lipinski definition) is 1. The zero-order valence-electron chi connectivity index (χ0n) is 14.7. The fraction of sp³-hybridized carbons (Fsp3) is 0.471. The summed E-state index contributed by atoms with van der Waals surface area (Å²) in [6, 6.07) is 1.61. The van der Waals surface area contributed by atoms with Gasteiger partial charge in [-0.25, -0.2) is 9.97 Å². The molecule has 8 heteroatoms. The summed E-state index contributed by atoms with van der Waals surface area (Å²) in [6.45, 7) is 5.70. The van der Waals surface area contributed by atoms with E-state index >= 15 is 0 Å². The Morgan fingerprint density at radius 2 is 2.08 bits per heavy atom. The Morgan fingerprint density at radius 3 is 2.76 bits per heavy atom. The van der Waals surface area contributed by atoms with Crippen LogP contribution in [0.15, 0.2) is 22.9 Å². The Balaban J connectivity index is 1.73. The molecule has 25 heavy (non-hydrogen) atoms. The van der Waals surface area contributed by atoms with Crippen molar-refractivity contribution in [3.05, 3.63) is 24.1 Å². The van der Waals surface area contributed by atoms with E-state index in [4.69, 9.17) is 10.2 Å². The number of aldehydes is 1. The van der Waals surface area contributed by atoms with Crippen molar-refractivity contribution >= 4 is 17.9 Å². The molecule has 1 saturated heterocycles. The topological polar surface area (TPSA) is 91.7 Å². The lowest BCUT2D eigenvalue weighted by Gasteiger charge is -2.36. The van der Waals surface area contributed by atoms with Crippen molar-refractivity contribution in [2.75, 3.05) is 64.0 Å². The third-order valence-electron chi connectivity index (χ3n) is 4.37. The van der Waals surface area contributed by atoms with Gasteiger partial charge in [-0.05, 0) is 20.2 Å². The monoisotopic (exact) mass is 344 g/mol. The Bertz CT molecular complexity index is 722. The zero-order valence-corrected chi connectivity index (χ0v) is 14.7. The van der Waals surface area contributed by atoms with Crippen LogP contribution in [0.3, 0.4) is 0 Å². The van der Waals surface area contributed by atoms with Gasteiger partial charge < -0.3 is 20.0 Å². The second-order valence-corrected chi connectivity index (χ2v) is 6.42. The van der Waals surface area contributed by atoms with E-state index in [1.54, 1.807) is 6.07 Å². The van der Waals surface area contributed by atoms with E-state index in [0.29, 0.717) is 28.7 Å². The van der Waals surface area contributed by atoms with Crippen LogP contribution >= 0.6 is 0 Å². The van der Waals surface area contributed by atoms with Crippen LogP contribution < -0.4 is 10.6 Å². The van der Waals surface area contributed by atoms with Gasteiger partial charge in [0.25, 0.3) is 0 Å². The third kappa shape index (κ3) is 3.97. The predicted octanol–water partition coefficient (Wildman–Crippen LogP) is 0.815. The third-order valence-corrected chi connectivity index (χ3v) is 4.37. The highest BCUT2D eigenvalue weighted by Crippen LogP contribution is 2.27. The van der Waals surface area contributed by atoms with Crippen molar-refractivity contribution in [3.8, 4) is 11.5 Å². The fourth-order valence-corrected chi connectivity index (χ4v) is 2.88. The van der Waals surface area contributed by atoms with E-state index in [1.165, 1.54) is 12.5 Å². The summed E-state index contributed by atoms with van der Waals surface area (Å²) in [5.41, 5.74) is 7.02. The zero-order chi connectivity index (χ0) is 17.8. The van der Waals surface area contributed by atoms with Crippen LogP contribution in [0.4, 0.5) is 11.6 Å².